The first-order valence-electron chi connectivity index (χ1n) is 8.19. The smallest absolute Gasteiger partial charge is 0.187 e. The van der Waals surface area contributed by atoms with Crippen LogP contribution in [0.15, 0.2) is 53.4 Å². The summed E-state index contributed by atoms with van der Waals surface area (Å²) in [4.78, 5) is 0.344. The predicted octanol–water partition coefficient (Wildman–Crippen LogP) is 3.51. The molecule has 3 N–H and O–H groups in total. The second-order valence-corrected chi connectivity index (χ2v) is 10.6. The quantitative estimate of drug-likeness (QED) is 0.801. The molecular formula is C19H24ClNO3S2. The third-order valence-electron chi connectivity index (χ3n) is 4.98. The van der Waals surface area contributed by atoms with Crippen molar-refractivity contribution < 1.29 is 13.5 Å². The molecule has 0 aromatic heterocycles. The maximum atomic E-state index is 12.5. The molecular weight excluding hydrogens is 390 g/mol. The summed E-state index contributed by atoms with van der Waals surface area (Å²) < 4.78 is 25.1. The minimum atomic E-state index is -3.34. The summed E-state index contributed by atoms with van der Waals surface area (Å²) in [5, 5.41) is 9.80. The normalized spacial score (nSPS) is 21.5. The van der Waals surface area contributed by atoms with Crippen molar-refractivity contribution in [2.75, 3.05) is 5.08 Å². The lowest BCUT2D eigenvalue weighted by molar-refractivity contribution is 0.369. The number of rotatable bonds is 4. The highest BCUT2D eigenvalue weighted by Crippen LogP contribution is 2.42. The molecule has 1 aliphatic rings. The van der Waals surface area contributed by atoms with E-state index in [1.165, 1.54) is 11.8 Å². The van der Waals surface area contributed by atoms with Gasteiger partial charge in [-0.3, -0.25) is 0 Å². The Morgan fingerprint density at radius 1 is 1.19 bits per heavy atom. The number of aromatic hydroxyl groups is 1. The summed E-state index contributed by atoms with van der Waals surface area (Å²) in [6.07, 6.45) is 0.704. The topological polar surface area (TPSA) is 80.4 Å². The van der Waals surface area contributed by atoms with E-state index >= 15 is 0 Å². The zero-order valence-corrected chi connectivity index (χ0v) is 17.2. The van der Waals surface area contributed by atoms with Crippen LogP contribution in [-0.4, -0.2) is 29.9 Å². The maximum Gasteiger partial charge on any atom is 0.187 e. The lowest BCUT2D eigenvalue weighted by atomic mass is 9.69. The summed E-state index contributed by atoms with van der Waals surface area (Å²) >= 11 is 1.40. The van der Waals surface area contributed by atoms with Crippen LogP contribution in [0.3, 0.4) is 0 Å². The number of fused-ring (bicyclic) bond motifs is 1. The molecule has 3 rings (SSSR count). The molecule has 0 radical (unpaired) electrons. The summed E-state index contributed by atoms with van der Waals surface area (Å²) in [7, 11) is -3.34. The Labute approximate surface area is 165 Å². The fourth-order valence-corrected chi connectivity index (χ4v) is 6.74. The zero-order chi connectivity index (χ0) is 18.2. The van der Waals surface area contributed by atoms with Gasteiger partial charge in [0.25, 0.3) is 0 Å². The number of phenols is 1. The highest BCUT2D eigenvalue weighted by Gasteiger charge is 2.41. The SMILES string of the molecule is CC1(C)c2cc(O)ccc2CC(SCS(=O)(=O)c2ccccc2)C1N.Cl. The second-order valence-electron chi connectivity index (χ2n) is 7.04. The third kappa shape index (κ3) is 4.03. The van der Waals surface area contributed by atoms with Crippen molar-refractivity contribution in [2.24, 2.45) is 5.73 Å². The van der Waals surface area contributed by atoms with Gasteiger partial charge >= 0.3 is 0 Å². The van der Waals surface area contributed by atoms with Crippen molar-refractivity contribution in [3.8, 4) is 5.75 Å². The van der Waals surface area contributed by atoms with Gasteiger partial charge < -0.3 is 10.8 Å². The van der Waals surface area contributed by atoms with Crippen molar-refractivity contribution in [3.05, 3.63) is 59.7 Å². The van der Waals surface area contributed by atoms with Crippen molar-refractivity contribution in [1.29, 1.82) is 0 Å². The van der Waals surface area contributed by atoms with Crippen LogP contribution in [0, 0.1) is 0 Å². The van der Waals surface area contributed by atoms with Crippen molar-refractivity contribution >= 4 is 34.0 Å². The predicted molar refractivity (Wildman–Crippen MR) is 110 cm³/mol. The van der Waals surface area contributed by atoms with Crippen molar-refractivity contribution in [2.45, 2.75) is 41.9 Å². The fourth-order valence-electron chi connectivity index (χ4n) is 3.37. The Morgan fingerprint density at radius 3 is 2.50 bits per heavy atom. The first-order chi connectivity index (χ1) is 11.7. The number of hydrogen-bond donors (Lipinski definition) is 2. The maximum absolute atomic E-state index is 12.5. The number of thioether (sulfide) groups is 1. The number of phenolic OH excluding ortho intramolecular Hbond substituents is 1. The molecule has 2 aromatic carbocycles. The van der Waals surface area contributed by atoms with Gasteiger partial charge in [-0.2, -0.15) is 0 Å². The van der Waals surface area contributed by atoms with E-state index in [1.54, 1.807) is 42.5 Å². The average molecular weight is 414 g/mol. The van der Waals surface area contributed by atoms with Gasteiger partial charge in [-0.15, -0.1) is 24.2 Å². The number of sulfone groups is 1. The Hall–Kier alpha value is -1.21. The van der Waals surface area contributed by atoms with E-state index in [-0.39, 0.29) is 39.9 Å². The summed E-state index contributed by atoms with van der Waals surface area (Å²) in [5.74, 6) is 0.233. The van der Waals surface area contributed by atoms with Gasteiger partial charge in [-0.1, -0.05) is 38.1 Å². The minimum absolute atomic E-state index is 0. The van der Waals surface area contributed by atoms with Crippen molar-refractivity contribution in [3.63, 3.8) is 0 Å². The third-order valence-corrected chi connectivity index (χ3v) is 8.65. The second kappa shape index (κ2) is 7.80. The molecule has 0 aliphatic heterocycles. The van der Waals surface area contributed by atoms with E-state index in [0.29, 0.717) is 11.3 Å². The summed E-state index contributed by atoms with van der Waals surface area (Å²) in [6, 6.07) is 13.7. The molecule has 0 bridgehead atoms. The van der Waals surface area contributed by atoms with Crippen LogP contribution in [0.5, 0.6) is 5.75 Å². The molecule has 7 heteroatoms. The van der Waals surface area contributed by atoms with Gasteiger partial charge in [-0.25, -0.2) is 8.42 Å². The van der Waals surface area contributed by atoms with Gasteiger partial charge in [0.15, 0.2) is 9.84 Å². The molecule has 4 nitrogen and oxygen atoms in total. The summed E-state index contributed by atoms with van der Waals surface area (Å²) in [5.41, 5.74) is 8.33. The van der Waals surface area contributed by atoms with E-state index in [9.17, 15) is 13.5 Å². The molecule has 0 saturated carbocycles. The first-order valence-corrected chi connectivity index (χ1v) is 10.9. The monoisotopic (exact) mass is 413 g/mol. The average Bonchev–Trinajstić information content (AvgIpc) is 2.59. The lowest BCUT2D eigenvalue weighted by Crippen LogP contribution is -2.52. The van der Waals surface area contributed by atoms with E-state index in [0.717, 1.165) is 11.1 Å². The van der Waals surface area contributed by atoms with Gasteiger partial charge in [0.05, 0.1) is 4.90 Å². The van der Waals surface area contributed by atoms with E-state index in [1.807, 2.05) is 19.9 Å². The molecule has 2 atom stereocenters. The summed E-state index contributed by atoms with van der Waals surface area (Å²) in [6.45, 7) is 4.10. The van der Waals surface area contributed by atoms with E-state index in [2.05, 4.69) is 0 Å². The van der Waals surface area contributed by atoms with Crippen LogP contribution in [-0.2, 0) is 21.7 Å². The molecule has 2 aromatic rings. The Kier molecular flexibility index (Phi) is 6.33. The van der Waals surface area contributed by atoms with E-state index < -0.39 is 9.84 Å². The van der Waals surface area contributed by atoms with Crippen LogP contribution in [0.25, 0.3) is 0 Å². The zero-order valence-electron chi connectivity index (χ0n) is 14.8. The Morgan fingerprint density at radius 2 is 1.85 bits per heavy atom. The van der Waals surface area contributed by atoms with Crippen molar-refractivity contribution in [1.82, 2.24) is 0 Å². The van der Waals surface area contributed by atoms with Gasteiger partial charge in [0, 0.05) is 16.7 Å². The molecule has 142 valence electrons. The molecule has 2 unspecified atom stereocenters. The van der Waals surface area contributed by atoms with Gasteiger partial charge in [0.1, 0.15) is 10.8 Å². The number of benzene rings is 2. The highest BCUT2D eigenvalue weighted by atomic mass is 35.5. The standard InChI is InChI=1S/C19H23NO3S2.ClH/c1-19(2)16-11-14(21)9-8-13(16)10-17(18(19)20)24-12-25(22,23)15-6-4-3-5-7-15;/h3-9,11,17-18,21H,10,12,20H2,1-2H3;1H. The Balaban J connectivity index is 0.00000243. The Bertz CT molecular complexity index is 870. The van der Waals surface area contributed by atoms with Crippen LogP contribution in [0.1, 0.15) is 25.0 Å². The molecule has 0 amide bonds. The first kappa shape index (κ1) is 21.1. The number of halogens is 1. The van der Waals surface area contributed by atoms with Crippen LogP contribution < -0.4 is 5.73 Å². The van der Waals surface area contributed by atoms with E-state index in [4.69, 9.17) is 5.73 Å². The largest absolute Gasteiger partial charge is 0.508 e. The van der Waals surface area contributed by atoms with Crippen LogP contribution in [0.2, 0.25) is 0 Å². The highest BCUT2D eigenvalue weighted by molar-refractivity contribution is 8.12. The van der Waals surface area contributed by atoms with Crippen LogP contribution >= 0.6 is 24.2 Å². The van der Waals surface area contributed by atoms with Gasteiger partial charge in [0.2, 0.25) is 0 Å². The van der Waals surface area contributed by atoms with Gasteiger partial charge in [-0.05, 0) is 41.8 Å². The molecule has 26 heavy (non-hydrogen) atoms. The number of nitrogens with two attached hydrogens (primary N) is 1. The molecule has 0 spiro atoms. The number of hydrogen-bond acceptors (Lipinski definition) is 5. The van der Waals surface area contributed by atoms with Crippen LogP contribution in [0.4, 0.5) is 0 Å². The minimum Gasteiger partial charge on any atom is -0.508 e. The lowest BCUT2D eigenvalue weighted by Gasteiger charge is -2.43. The fraction of sp³-hybridized carbons (Fsp3) is 0.368. The molecule has 0 fully saturated rings. The molecule has 0 saturated heterocycles. The molecule has 0 heterocycles. The molecule has 1 aliphatic carbocycles.